The molecule has 5 nitrogen and oxygen atoms in total. The highest BCUT2D eigenvalue weighted by Crippen LogP contribution is 2.26. The zero-order chi connectivity index (χ0) is 17.6. The molecule has 0 aliphatic carbocycles. The van der Waals surface area contributed by atoms with Crippen LogP contribution in [-0.2, 0) is 18.3 Å². The summed E-state index contributed by atoms with van der Waals surface area (Å²) < 4.78 is 1.86. The standard InChI is InChI=1S/C18H17ClN4OS/c1-23-12-20-22-18(23)25-15-9-7-14(8-10-15)21-17(24)11-6-13-4-2-3-5-16(13)19/h2-5,7-10,12H,6,11H2,1H3,(H,21,24). The highest BCUT2D eigenvalue weighted by Gasteiger charge is 2.07. The molecule has 0 unspecified atom stereocenters. The molecule has 0 aliphatic heterocycles. The summed E-state index contributed by atoms with van der Waals surface area (Å²) in [6, 6.07) is 15.2. The third-order valence-corrected chi connectivity index (χ3v) is 5.03. The van der Waals surface area contributed by atoms with E-state index >= 15 is 0 Å². The molecule has 1 amide bonds. The van der Waals surface area contributed by atoms with Crippen molar-refractivity contribution in [3.63, 3.8) is 0 Å². The van der Waals surface area contributed by atoms with Crippen molar-refractivity contribution in [2.45, 2.75) is 22.9 Å². The fourth-order valence-corrected chi connectivity index (χ4v) is 3.24. The molecular weight excluding hydrogens is 356 g/mol. The van der Waals surface area contributed by atoms with Crippen LogP contribution >= 0.6 is 23.4 Å². The molecule has 25 heavy (non-hydrogen) atoms. The van der Waals surface area contributed by atoms with E-state index in [2.05, 4.69) is 15.5 Å². The van der Waals surface area contributed by atoms with Gasteiger partial charge in [-0.25, -0.2) is 0 Å². The Hall–Kier alpha value is -2.31. The van der Waals surface area contributed by atoms with E-state index in [0.29, 0.717) is 17.9 Å². The van der Waals surface area contributed by atoms with Crippen LogP contribution in [-0.4, -0.2) is 20.7 Å². The second-order valence-corrected chi connectivity index (χ2v) is 6.94. The number of hydrogen-bond donors (Lipinski definition) is 1. The van der Waals surface area contributed by atoms with E-state index in [-0.39, 0.29) is 5.91 Å². The van der Waals surface area contributed by atoms with Gasteiger partial charge < -0.3 is 9.88 Å². The predicted molar refractivity (Wildman–Crippen MR) is 100.0 cm³/mol. The van der Waals surface area contributed by atoms with Crippen molar-refractivity contribution in [3.8, 4) is 0 Å². The number of carbonyl (C=O) groups is 1. The van der Waals surface area contributed by atoms with Gasteiger partial charge in [-0.05, 0) is 54.1 Å². The highest BCUT2D eigenvalue weighted by molar-refractivity contribution is 7.99. The number of anilines is 1. The first-order valence-corrected chi connectivity index (χ1v) is 8.96. The van der Waals surface area contributed by atoms with E-state index in [4.69, 9.17) is 11.6 Å². The number of aryl methyl sites for hydroxylation is 2. The van der Waals surface area contributed by atoms with Crippen molar-refractivity contribution in [1.29, 1.82) is 0 Å². The molecule has 0 radical (unpaired) electrons. The van der Waals surface area contributed by atoms with Crippen LogP contribution in [0.5, 0.6) is 0 Å². The zero-order valence-corrected chi connectivity index (χ0v) is 15.2. The third-order valence-electron chi connectivity index (χ3n) is 3.60. The molecule has 0 bridgehead atoms. The summed E-state index contributed by atoms with van der Waals surface area (Å²) in [5.41, 5.74) is 1.75. The van der Waals surface area contributed by atoms with Crippen LogP contribution < -0.4 is 5.32 Å². The normalized spacial score (nSPS) is 10.6. The van der Waals surface area contributed by atoms with Crippen molar-refractivity contribution in [2.75, 3.05) is 5.32 Å². The van der Waals surface area contributed by atoms with Gasteiger partial charge in [0.25, 0.3) is 0 Å². The minimum Gasteiger partial charge on any atom is -0.326 e. The first-order chi connectivity index (χ1) is 12.1. The number of aromatic nitrogens is 3. The van der Waals surface area contributed by atoms with Crippen LogP contribution in [0, 0.1) is 0 Å². The minimum atomic E-state index is -0.0337. The van der Waals surface area contributed by atoms with Gasteiger partial charge in [0.15, 0.2) is 5.16 Å². The number of rotatable bonds is 6. The number of halogens is 1. The summed E-state index contributed by atoms with van der Waals surface area (Å²) in [7, 11) is 1.90. The van der Waals surface area contributed by atoms with Gasteiger partial charge in [0.05, 0.1) is 0 Å². The van der Waals surface area contributed by atoms with E-state index < -0.39 is 0 Å². The smallest absolute Gasteiger partial charge is 0.224 e. The number of carbonyl (C=O) groups excluding carboxylic acids is 1. The van der Waals surface area contributed by atoms with Gasteiger partial charge in [-0.2, -0.15) is 0 Å². The molecule has 0 fully saturated rings. The summed E-state index contributed by atoms with van der Waals surface area (Å²) in [6.07, 6.45) is 2.67. The number of nitrogens with zero attached hydrogens (tertiary/aromatic N) is 3. The lowest BCUT2D eigenvalue weighted by molar-refractivity contribution is -0.116. The Morgan fingerprint density at radius 2 is 1.96 bits per heavy atom. The van der Waals surface area contributed by atoms with Crippen LogP contribution in [0.1, 0.15) is 12.0 Å². The number of hydrogen-bond acceptors (Lipinski definition) is 4. The summed E-state index contributed by atoms with van der Waals surface area (Å²) in [5, 5.41) is 12.3. The molecule has 1 N–H and O–H groups in total. The molecule has 0 atom stereocenters. The van der Waals surface area contributed by atoms with Gasteiger partial charge in [0, 0.05) is 29.1 Å². The van der Waals surface area contributed by atoms with Gasteiger partial charge >= 0.3 is 0 Å². The molecule has 0 spiro atoms. The largest absolute Gasteiger partial charge is 0.326 e. The summed E-state index contributed by atoms with van der Waals surface area (Å²) in [6.45, 7) is 0. The average molecular weight is 373 g/mol. The molecule has 1 aromatic heterocycles. The number of amides is 1. The molecular formula is C18H17ClN4OS. The maximum Gasteiger partial charge on any atom is 0.224 e. The SMILES string of the molecule is Cn1cnnc1Sc1ccc(NC(=O)CCc2ccccc2Cl)cc1. The minimum absolute atomic E-state index is 0.0337. The second-order valence-electron chi connectivity index (χ2n) is 5.49. The van der Waals surface area contributed by atoms with Crippen LogP contribution in [0.25, 0.3) is 0 Å². The Morgan fingerprint density at radius 3 is 2.64 bits per heavy atom. The highest BCUT2D eigenvalue weighted by atomic mass is 35.5. The van der Waals surface area contributed by atoms with E-state index in [1.165, 1.54) is 11.8 Å². The Balaban J connectivity index is 1.53. The Morgan fingerprint density at radius 1 is 1.20 bits per heavy atom. The van der Waals surface area contributed by atoms with Crippen molar-refractivity contribution in [2.24, 2.45) is 7.05 Å². The monoisotopic (exact) mass is 372 g/mol. The van der Waals surface area contributed by atoms with Crippen molar-refractivity contribution in [1.82, 2.24) is 14.8 Å². The first kappa shape index (κ1) is 17.5. The lowest BCUT2D eigenvalue weighted by Gasteiger charge is -2.07. The van der Waals surface area contributed by atoms with Crippen LogP contribution in [0.15, 0.2) is 64.9 Å². The molecule has 7 heteroatoms. The molecule has 0 aliphatic rings. The zero-order valence-electron chi connectivity index (χ0n) is 13.6. The van der Waals surface area contributed by atoms with Gasteiger partial charge in [-0.1, -0.05) is 29.8 Å². The summed E-state index contributed by atoms with van der Waals surface area (Å²) in [4.78, 5) is 13.1. The number of nitrogens with one attached hydrogen (secondary N) is 1. The maximum atomic E-state index is 12.1. The Bertz CT molecular complexity index is 864. The Labute approximate surface area is 155 Å². The van der Waals surface area contributed by atoms with Crippen molar-refractivity contribution >= 4 is 35.0 Å². The van der Waals surface area contributed by atoms with Crippen LogP contribution in [0.3, 0.4) is 0 Å². The van der Waals surface area contributed by atoms with Gasteiger partial charge in [0.2, 0.25) is 5.91 Å². The predicted octanol–water partition coefficient (Wildman–Crippen LogP) is 4.19. The molecule has 3 rings (SSSR count). The van der Waals surface area contributed by atoms with Crippen molar-refractivity contribution < 1.29 is 4.79 Å². The molecule has 0 saturated carbocycles. The van der Waals surface area contributed by atoms with E-state index in [1.807, 2.05) is 60.1 Å². The molecule has 3 aromatic rings. The first-order valence-electron chi connectivity index (χ1n) is 7.77. The molecule has 0 saturated heterocycles. The average Bonchev–Trinajstić information content (AvgIpc) is 3.01. The number of benzene rings is 2. The molecule has 128 valence electrons. The van der Waals surface area contributed by atoms with Crippen LogP contribution in [0.2, 0.25) is 5.02 Å². The Kier molecular flexibility index (Phi) is 5.73. The van der Waals surface area contributed by atoms with Crippen molar-refractivity contribution in [3.05, 3.63) is 65.4 Å². The molecule has 1 heterocycles. The lowest BCUT2D eigenvalue weighted by Crippen LogP contribution is -2.12. The molecule has 2 aromatic carbocycles. The summed E-state index contributed by atoms with van der Waals surface area (Å²) in [5.74, 6) is -0.0337. The van der Waals surface area contributed by atoms with Gasteiger partial charge in [-0.15, -0.1) is 10.2 Å². The van der Waals surface area contributed by atoms with E-state index in [1.54, 1.807) is 6.33 Å². The van der Waals surface area contributed by atoms with Gasteiger partial charge in [0.1, 0.15) is 6.33 Å². The van der Waals surface area contributed by atoms with Gasteiger partial charge in [-0.3, -0.25) is 4.79 Å². The fourth-order valence-electron chi connectivity index (χ4n) is 2.25. The van der Waals surface area contributed by atoms with E-state index in [0.717, 1.165) is 21.3 Å². The summed E-state index contributed by atoms with van der Waals surface area (Å²) >= 11 is 7.63. The third kappa shape index (κ3) is 4.84. The van der Waals surface area contributed by atoms with Crippen LogP contribution in [0.4, 0.5) is 5.69 Å². The van der Waals surface area contributed by atoms with E-state index in [9.17, 15) is 4.79 Å². The maximum absolute atomic E-state index is 12.1. The quantitative estimate of drug-likeness (QED) is 0.704. The fraction of sp³-hybridized carbons (Fsp3) is 0.167. The second kappa shape index (κ2) is 8.18. The lowest BCUT2D eigenvalue weighted by atomic mass is 10.1. The topological polar surface area (TPSA) is 59.8 Å².